The van der Waals surface area contributed by atoms with Gasteiger partial charge in [-0.2, -0.15) is 28.4 Å². The number of β-amino-alcohol motifs (C(OH)–C–C–N with tert-alkyl or cyclic N) is 1. The van der Waals surface area contributed by atoms with Crippen LogP contribution in [0.15, 0.2) is 18.2 Å². The summed E-state index contributed by atoms with van der Waals surface area (Å²) in [5.41, 5.74) is 2.42. The van der Waals surface area contributed by atoms with Crippen molar-refractivity contribution in [3.8, 4) is 23.2 Å². The summed E-state index contributed by atoms with van der Waals surface area (Å²) < 4.78 is 97.2. The topological polar surface area (TPSA) is 121 Å². The van der Waals surface area contributed by atoms with Crippen LogP contribution in [0.2, 0.25) is 0 Å². The number of thiophene rings is 1. The van der Waals surface area contributed by atoms with Crippen molar-refractivity contribution in [2.45, 2.75) is 43.8 Å². The normalized spacial score (nSPS) is 21.8. The molecule has 0 saturated carbocycles. The number of anilines is 2. The summed E-state index contributed by atoms with van der Waals surface area (Å²) in [4.78, 5) is 11.9. The SMILES string of the molecule is COc1nc(N2CCOCC(O)C2)c2cc(C(F)(F)F)c(-c3ccc(F)c4sc(N)c(C#N)c34)c(F)c2n1.FC1CC2CCCN2C1. The first-order chi connectivity index (χ1) is 22.4. The van der Waals surface area contributed by atoms with Gasteiger partial charge in [-0.15, -0.1) is 11.3 Å². The average Bonchev–Trinajstić information content (AvgIpc) is 3.66. The number of nitrogens with two attached hydrogens (primary N) is 1. The van der Waals surface area contributed by atoms with Crippen molar-refractivity contribution in [3.63, 3.8) is 0 Å². The van der Waals surface area contributed by atoms with Gasteiger partial charge in [0.25, 0.3) is 0 Å². The molecule has 3 atom stereocenters. The van der Waals surface area contributed by atoms with E-state index in [-0.39, 0.29) is 69.7 Å². The third kappa shape index (κ3) is 6.24. The van der Waals surface area contributed by atoms with E-state index in [9.17, 15) is 32.3 Å². The highest BCUT2D eigenvalue weighted by Gasteiger charge is 2.39. The summed E-state index contributed by atoms with van der Waals surface area (Å²) in [6.07, 6.45) is -3.23. The second kappa shape index (κ2) is 12.9. The van der Waals surface area contributed by atoms with Crippen LogP contribution in [-0.2, 0) is 10.9 Å². The maximum absolute atomic E-state index is 16.3. The molecule has 0 radical (unpaired) electrons. The Labute approximate surface area is 269 Å². The molecule has 3 aliphatic heterocycles. The van der Waals surface area contributed by atoms with Gasteiger partial charge in [-0.25, -0.2) is 13.2 Å². The molecule has 9 nitrogen and oxygen atoms in total. The van der Waals surface area contributed by atoms with Gasteiger partial charge < -0.3 is 25.2 Å². The van der Waals surface area contributed by atoms with Crippen molar-refractivity contribution >= 4 is 43.1 Å². The van der Waals surface area contributed by atoms with Crippen LogP contribution in [0, 0.1) is 23.0 Å². The Kier molecular flexibility index (Phi) is 9.09. The average molecular weight is 681 g/mol. The summed E-state index contributed by atoms with van der Waals surface area (Å²) in [7, 11) is 1.21. The number of aromatic nitrogens is 2. The highest BCUT2D eigenvalue weighted by atomic mass is 32.1. The van der Waals surface area contributed by atoms with E-state index in [0.29, 0.717) is 30.0 Å². The fraction of sp³-hybridized carbons (Fsp3) is 0.452. The summed E-state index contributed by atoms with van der Waals surface area (Å²) in [6, 6.07) is 4.64. The lowest BCUT2D eigenvalue weighted by Gasteiger charge is -2.25. The van der Waals surface area contributed by atoms with E-state index >= 15 is 4.39 Å². The molecule has 0 aliphatic carbocycles. The molecule has 47 heavy (non-hydrogen) atoms. The van der Waals surface area contributed by atoms with Crippen LogP contribution in [0.4, 0.5) is 37.2 Å². The zero-order valence-electron chi connectivity index (χ0n) is 25.1. The van der Waals surface area contributed by atoms with Crippen LogP contribution in [0.25, 0.3) is 32.1 Å². The molecular weight excluding hydrogens is 650 g/mol. The number of aliphatic hydroxyl groups excluding tert-OH is 1. The number of benzene rings is 2. The fourth-order valence-electron chi connectivity index (χ4n) is 6.53. The van der Waals surface area contributed by atoms with Gasteiger partial charge in [-0.3, -0.25) is 4.90 Å². The standard InChI is InChI=1S/C24H18F5N5O3S.C7H12FN/c1-36-23-32-19-12(22(33-23)34-4-5-37-9-10(35)8-34)6-14(24(27,28)29)17(18(19)26)11-2-3-15(25)20-16(11)13(7-30)21(31)38-20;8-6-4-7-2-1-3-9(7)5-6/h2-3,6,10,35H,4-5,8-9,31H2,1H3;6-7H,1-5H2. The Bertz CT molecular complexity index is 1850. The molecule has 3 unspecified atom stereocenters. The summed E-state index contributed by atoms with van der Waals surface area (Å²) in [5, 5.41) is 19.1. The smallest absolute Gasteiger partial charge is 0.417 e. The lowest BCUT2D eigenvalue weighted by molar-refractivity contribution is -0.137. The molecule has 2 aromatic carbocycles. The first-order valence-corrected chi connectivity index (χ1v) is 15.7. The number of nitrogen functional groups attached to an aromatic ring is 1. The van der Waals surface area contributed by atoms with Crippen LogP contribution in [0.3, 0.4) is 0 Å². The molecule has 3 N–H and O–H groups in total. The summed E-state index contributed by atoms with van der Waals surface area (Å²) in [6.45, 7) is 2.11. The van der Waals surface area contributed by atoms with Crippen molar-refractivity contribution in [1.29, 1.82) is 5.26 Å². The summed E-state index contributed by atoms with van der Waals surface area (Å²) >= 11 is 0.680. The number of methoxy groups -OCH3 is 1. The number of halogens is 6. The van der Waals surface area contributed by atoms with Crippen molar-refractivity contribution in [2.24, 2.45) is 0 Å². The lowest BCUT2D eigenvalue weighted by Crippen LogP contribution is -2.33. The van der Waals surface area contributed by atoms with Crippen LogP contribution < -0.4 is 15.4 Å². The Morgan fingerprint density at radius 3 is 2.68 bits per heavy atom. The molecule has 3 aliphatic rings. The maximum atomic E-state index is 16.3. The van der Waals surface area contributed by atoms with Crippen LogP contribution in [-0.4, -0.2) is 84.8 Å². The number of hydrogen-bond acceptors (Lipinski definition) is 10. The van der Waals surface area contributed by atoms with Gasteiger partial charge in [0.15, 0.2) is 5.82 Å². The minimum absolute atomic E-state index is 0.00846. The third-order valence-corrected chi connectivity index (χ3v) is 9.61. The van der Waals surface area contributed by atoms with Gasteiger partial charge in [0.05, 0.1) is 42.3 Å². The van der Waals surface area contributed by atoms with Crippen LogP contribution in [0.5, 0.6) is 6.01 Å². The van der Waals surface area contributed by atoms with Gasteiger partial charge >= 0.3 is 12.2 Å². The van der Waals surface area contributed by atoms with Crippen molar-refractivity contribution in [3.05, 3.63) is 41.0 Å². The molecule has 250 valence electrons. The fourth-order valence-corrected chi connectivity index (χ4v) is 7.48. The van der Waals surface area contributed by atoms with E-state index in [4.69, 9.17) is 15.2 Å². The predicted octanol–water partition coefficient (Wildman–Crippen LogP) is 5.66. The van der Waals surface area contributed by atoms with Crippen molar-refractivity contribution < 1.29 is 40.9 Å². The quantitative estimate of drug-likeness (QED) is 0.264. The van der Waals surface area contributed by atoms with Gasteiger partial charge in [-0.1, -0.05) is 6.07 Å². The second-order valence-electron chi connectivity index (χ2n) is 11.6. The zero-order valence-corrected chi connectivity index (χ0v) is 25.9. The number of alkyl halides is 4. The van der Waals surface area contributed by atoms with E-state index in [1.54, 1.807) is 6.07 Å². The van der Waals surface area contributed by atoms with Gasteiger partial charge in [0.2, 0.25) is 0 Å². The molecule has 16 heteroatoms. The molecule has 5 heterocycles. The Morgan fingerprint density at radius 1 is 1.19 bits per heavy atom. The highest BCUT2D eigenvalue weighted by Crippen LogP contribution is 2.48. The number of ether oxygens (including phenoxy) is 2. The molecule has 3 fully saturated rings. The minimum Gasteiger partial charge on any atom is -0.467 e. The lowest BCUT2D eigenvalue weighted by atomic mass is 9.92. The minimum atomic E-state index is -5.07. The van der Waals surface area contributed by atoms with E-state index in [0.717, 1.165) is 25.1 Å². The number of rotatable bonds is 3. The molecular formula is C31H30F6N6O3S. The van der Waals surface area contributed by atoms with Crippen LogP contribution >= 0.6 is 11.3 Å². The zero-order chi connectivity index (χ0) is 33.6. The predicted molar refractivity (Wildman–Crippen MR) is 164 cm³/mol. The van der Waals surface area contributed by atoms with Crippen molar-refractivity contribution in [1.82, 2.24) is 14.9 Å². The number of aliphatic hydroxyl groups is 1. The van der Waals surface area contributed by atoms with Crippen molar-refractivity contribution in [2.75, 3.05) is 57.1 Å². The molecule has 2 aromatic heterocycles. The van der Waals surface area contributed by atoms with E-state index in [2.05, 4.69) is 14.9 Å². The third-order valence-electron chi connectivity index (χ3n) is 8.58. The molecule has 7 rings (SSSR count). The van der Waals surface area contributed by atoms with Gasteiger partial charge in [-0.05, 0) is 43.5 Å². The van der Waals surface area contributed by atoms with E-state index in [1.807, 2.05) is 0 Å². The first-order valence-electron chi connectivity index (χ1n) is 14.9. The van der Waals surface area contributed by atoms with Gasteiger partial charge in [0.1, 0.15) is 34.4 Å². The Hall–Kier alpha value is -3.91. The number of hydrogen-bond donors (Lipinski definition) is 2. The molecule has 3 saturated heterocycles. The number of nitrogens with zero attached hydrogens (tertiary/aromatic N) is 5. The summed E-state index contributed by atoms with van der Waals surface area (Å²) in [5.74, 6) is -2.27. The van der Waals surface area contributed by atoms with E-state index in [1.165, 1.54) is 24.9 Å². The Morgan fingerprint density at radius 2 is 1.98 bits per heavy atom. The van der Waals surface area contributed by atoms with Crippen LogP contribution in [0.1, 0.15) is 30.4 Å². The largest absolute Gasteiger partial charge is 0.467 e. The maximum Gasteiger partial charge on any atom is 0.417 e. The first kappa shape index (κ1) is 33.0. The number of fused-ring (bicyclic) bond motifs is 3. The second-order valence-corrected chi connectivity index (χ2v) is 12.6. The van der Waals surface area contributed by atoms with E-state index < -0.39 is 46.7 Å². The molecule has 0 bridgehead atoms. The molecule has 0 amide bonds. The monoisotopic (exact) mass is 680 g/mol. The number of nitriles is 1. The molecule has 0 spiro atoms. The Balaban J connectivity index is 0.000000366. The molecule has 4 aromatic rings. The highest BCUT2D eigenvalue weighted by molar-refractivity contribution is 7.23. The van der Waals surface area contributed by atoms with Gasteiger partial charge in [0, 0.05) is 42.0 Å².